The summed E-state index contributed by atoms with van der Waals surface area (Å²) < 4.78 is 0. The predicted octanol–water partition coefficient (Wildman–Crippen LogP) is 3.71. The third-order valence-corrected chi connectivity index (χ3v) is 4.11. The van der Waals surface area contributed by atoms with Crippen LogP contribution in [0.15, 0.2) is 24.3 Å². The van der Waals surface area contributed by atoms with Crippen LogP contribution in [-0.2, 0) is 11.3 Å². The summed E-state index contributed by atoms with van der Waals surface area (Å²) in [4.78, 5) is 12.2. The van der Waals surface area contributed by atoms with Gasteiger partial charge in [0.1, 0.15) is 0 Å². The Hall–Kier alpha value is -1.35. The molecule has 3 heteroatoms. The Kier molecular flexibility index (Phi) is 6.06. The van der Waals surface area contributed by atoms with Crippen molar-refractivity contribution in [3.8, 4) is 0 Å². The van der Waals surface area contributed by atoms with Crippen LogP contribution in [-0.4, -0.2) is 13.0 Å². The van der Waals surface area contributed by atoms with Gasteiger partial charge in [0, 0.05) is 18.7 Å². The number of carbonyl (C=O) groups is 1. The summed E-state index contributed by atoms with van der Waals surface area (Å²) in [6.07, 6.45) is 8.35. The van der Waals surface area contributed by atoms with E-state index in [9.17, 15) is 4.79 Å². The van der Waals surface area contributed by atoms with Gasteiger partial charge in [-0.15, -0.1) is 0 Å². The maximum Gasteiger partial charge on any atom is 0.224 e. The number of hydrogen-bond acceptors (Lipinski definition) is 2. The molecule has 110 valence electrons. The smallest absolute Gasteiger partial charge is 0.224 e. The quantitative estimate of drug-likeness (QED) is 0.804. The van der Waals surface area contributed by atoms with Crippen LogP contribution in [0, 0.1) is 5.92 Å². The molecule has 0 atom stereocenters. The van der Waals surface area contributed by atoms with Gasteiger partial charge in [-0.05, 0) is 37.4 Å². The molecule has 1 aliphatic carbocycles. The van der Waals surface area contributed by atoms with E-state index in [1.54, 1.807) is 0 Å². The highest BCUT2D eigenvalue weighted by Gasteiger charge is 2.16. The fourth-order valence-electron chi connectivity index (χ4n) is 3.02. The standard InChI is InChI=1S/C17H26N2O/c1-18-13-15-10-6-7-11-16(15)19-17(20)12-14-8-4-2-3-5-9-14/h6-7,10-11,14,18H,2-5,8-9,12-13H2,1H3,(H,19,20). The molecule has 0 radical (unpaired) electrons. The highest BCUT2D eigenvalue weighted by molar-refractivity contribution is 5.91. The molecule has 0 aromatic heterocycles. The topological polar surface area (TPSA) is 41.1 Å². The molecule has 3 nitrogen and oxygen atoms in total. The lowest BCUT2D eigenvalue weighted by Gasteiger charge is -2.15. The van der Waals surface area contributed by atoms with E-state index in [0.717, 1.165) is 17.8 Å². The molecular weight excluding hydrogens is 248 g/mol. The van der Waals surface area contributed by atoms with Crippen LogP contribution >= 0.6 is 0 Å². The van der Waals surface area contributed by atoms with Gasteiger partial charge in [-0.3, -0.25) is 4.79 Å². The SMILES string of the molecule is CNCc1ccccc1NC(=O)CC1CCCCCC1. The van der Waals surface area contributed by atoms with Gasteiger partial charge in [-0.25, -0.2) is 0 Å². The van der Waals surface area contributed by atoms with E-state index in [-0.39, 0.29) is 5.91 Å². The minimum Gasteiger partial charge on any atom is -0.326 e. The Labute approximate surface area is 122 Å². The monoisotopic (exact) mass is 274 g/mol. The summed E-state index contributed by atoms with van der Waals surface area (Å²) in [6, 6.07) is 8.02. The van der Waals surface area contributed by atoms with Crippen LogP contribution in [0.4, 0.5) is 5.69 Å². The van der Waals surface area contributed by atoms with Crippen LogP contribution in [0.3, 0.4) is 0 Å². The van der Waals surface area contributed by atoms with Gasteiger partial charge >= 0.3 is 0 Å². The fraction of sp³-hybridized carbons (Fsp3) is 0.588. The molecule has 0 spiro atoms. The molecule has 1 fully saturated rings. The summed E-state index contributed by atoms with van der Waals surface area (Å²) in [5, 5.41) is 6.22. The summed E-state index contributed by atoms with van der Waals surface area (Å²) in [7, 11) is 1.92. The molecule has 0 saturated heterocycles. The van der Waals surface area contributed by atoms with Crippen LogP contribution in [0.25, 0.3) is 0 Å². The van der Waals surface area contributed by atoms with Crippen molar-refractivity contribution in [2.75, 3.05) is 12.4 Å². The van der Waals surface area contributed by atoms with Gasteiger partial charge < -0.3 is 10.6 Å². The average molecular weight is 274 g/mol. The molecule has 0 heterocycles. The van der Waals surface area contributed by atoms with E-state index in [4.69, 9.17) is 0 Å². The molecule has 1 amide bonds. The number of amides is 1. The molecule has 0 aliphatic heterocycles. The third kappa shape index (κ3) is 4.64. The van der Waals surface area contributed by atoms with Gasteiger partial charge in [-0.1, -0.05) is 43.9 Å². The zero-order valence-corrected chi connectivity index (χ0v) is 12.5. The average Bonchev–Trinajstić information content (AvgIpc) is 2.70. The van der Waals surface area contributed by atoms with E-state index < -0.39 is 0 Å². The molecule has 2 N–H and O–H groups in total. The molecule has 1 aromatic rings. The zero-order chi connectivity index (χ0) is 14.2. The summed E-state index contributed by atoms with van der Waals surface area (Å²) >= 11 is 0. The van der Waals surface area contributed by atoms with Crippen LogP contribution in [0.2, 0.25) is 0 Å². The summed E-state index contributed by atoms with van der Waals surface area (Å²) in [5.41, 5.74) is 2.09. The number of carbonyl (C=O) groups excluding carboxylic acids is 1. The van der Waals surface area contributed by atoms with E-state index in [1.165, 1.54) is 38.5 Å². The van der Waals surface area contributed by atoms with E-state index in [2.05, 4.69) is 16.7 Å². The number of anilines is 1. The molecule has 1 aliphatic rings. The second-order valence-electron chi connectivity index (χ2n) is 5.80. The lowest BCUT2D eigenvalue weighted by molar-refractivity contribution is -0.117. The number of para-hydroxylation sites is 1. The first-order chi connectivity index (χ1) is 9.79. The minimum absolute atomic E-state index is 0.167. The fourth-order valence-corrected chi connectivity index (χ4v) is 3.02. The molecule has 2 rings (SSSR count). The Morgan fingerprint density at radius 1 is 1.15 bits per heavy atom. The van der Waals surface area contributed by atoms with Gasteiger partial charge in [-0.2, -0.15) is 0 Å². The second kappa shape index (κ2) is 8.05. The molecule has 1 saturated carbocycles. The van der Waals surface area contributed by atoms with Gasteiger partial charge in [0.05, 0.1) is 0 Å². The van der Waals surface area contributed by atoms with Crippen molar-refractivity contribution >= 4 is 11.6 Å². The lowest BCUT2D eigenvalue weighted by Crippen LogP contribution is -2.18. The van der Waals surface area contributed by atoms with E-state index >= 15 is 0 Å². The first-order valence-corrected chi connectivity index (χ1v) is 7.82. The second-order valence-corrected chi connectivity index (χ2v) is 5.80. The Morgan fingerprint density at radius 3 is 2.55 bits per heavy atom. The maximum absolute atomic E-state index is 12.2. The van der Waals surface area contributed by atoms with Crippen molar-refractivity contribution in [1.82, 2.24) is 5.32 Å². The van der Waals surface area contributed by atoms with Crippen LogP contribution < -0.4 is 10.6 Å². The highest BCUT2D eigenvalue weighted by atomic mass is 16.1. The van der Waals surface area contributed by atoms with Crippen molar-refractivity contribution in [2.45, 2.75) is 51.5 Å². The van der Waals surface area contributed by atoms with Gasteiger partial charge in [0.15, 0.2) is 0 Å². The van der Waals surface area contributed by atoms with Gasteiger partial charge in [0.2, 0.25) is 5.91 Å². The number of nitrogens with one attached hydrogen (secondary N) is 2. The molecule has 0 unspecified atom stereocenters. The summed E-state index contributed by atoms with van der Waals surface area (Å²) in [5.74, 6) is 0.745. The van der Waals surface area contributed by atoms with Crippen molar-refractivity contribution in [3.05, 3.63) is 29.8 Å². The Balaban J connectivity index is 1.90. The third-order valence-electron chi connectivity index (χ3n) is 4.11. The summed E-state index contributed by atoms with van der Waals surface area (Å²) in [6.45, 7) is 0.778. The lowest BCUT2D eigenvalue weighted by atomic mass is 9.96. The predicted molar refractivity (Wildman–Crippen MR) is 83.6 cm³/mol. The Morgan fingerprint density at radius 2 is 1.85 bits per heavy atom. The molecule has 1 aromatic carbocycles. The van der Waals surface area contributed by atoms with Crippen LogP contribution in [0.5, 0.6) is 0 Å². The first kappa shape index (κ1) is 15.0. The Bertz CT molecular complexity index is 423. The number of rotatable bonds is 5. The van der Waals surface area contributed by atoms with Crippen molar-refractivity contribution in [3.63, 3.8) is 0 Å². The molecule has 20 heavy (non-hydrogen) atoms. The van der Waals surface area contributed by atoms with Gasteiger partial charge in [0.25, 0.3) is 0 Å². The van der Waals surface area contributed by atoms with E-state index in [0.29, 0.717) is 12.3 Å². The first-order valence-electron chi connectivity index (χ1n) is 7.82. The van der Waals surface area contributed by atoms with Crippen molar-refractivity contribution in [1.29, 1.82) is 0 Å². The van der Waals surface area contributed by atoms with Crippen LogP contribution in [0.1, 0.15) is 50.5 Å². The zero-order valence-electron chi connectivity index (χ0n) is 12.5. The maximum atomic E-state index is 12.2. The molecule has 0 bridgehead atoms. The molecular formula is C17H26N2O. The van der Waals surface area contributed by atoms with Crippen molar-refractivity contribution < 1.29 is 4.79 Å². The van der Waals surface area contributed by atoms with E-state index in [1.807, 2.05) is 25.2 Å². The largest absolute Gasteiger partial charge is 0.326 e. The van der Waals surface area contributed by atoms with Crippen molar-refractivity contribution in [2.24, 2.45) is 5.92 Å². The number of hydrogen-bond donors (Lipinski definition) is 2. The number of benzene rings is 1. The normalized spacial score (nSPS) is 16.6. The highest BCUT2D eigenvalue weighted by Crippen LogP contribution is 2.26. The minimum atomic E-state index is 0.167.